The molecule has 0 bridgehead atoms. The van der Waals surface area contributed by atoms with E-state index in [-0.39, 0.29) is 0 Å². The SMILES string of the molecule is N#Cc1ccc(-c2cc(CCC3CC3)sn2)cc1. The van der Waals surface area contributed by atoms with Gasteiger partial charge in [-0.15, -0.1) is 0 Å². The first kappa shape index (κ1) is 11.4. The van der Waals surface area contributed by atoms with E-state index in [1.807, 2.05) is 24.3 Å². The molecule has 1 aromatic carbocycles. The zero-order valence-corrected chi connectivity index (χ0v) is 10.9. The molecule has 90 valence electrons. The van der Waals surface area contributed by atoms with Gasteiger partial charge in [-0.3, -0.25) is 0 Å². The summed E-state index contributed by atoms with van der Waals surface area (Å²) < 4.78 is 4.50. The van der Waals surface area contributed by atoms with Crippen molar-refractivity contribution >= 4 is 11.5 Å². The van der Waals surface area contributed by atoms with Crippen LogP contribution in [-0.2, 0) is 6.42 Å². The number of nitrogens with zero attached hydrogens (tertiary/aromatic N) is 2. The number of benzene rings is 1. The van der Waals surface area contributed by atoms with E-state index in [1.165, 1.54) is 30.6 Å². The summed E-state index contributed by atoms with van der Waals surface area (Å²) in [5.74, 6) is 0.977. The van der Waals surface area contributed by atoms with Crippen LogP contribution >= 0.6 is 11.5 Å². The van der Waals surface area contributed by atoms with Crippen molar-refractivity contribution < 1.29 is 0 Å². The van der Waals surface area contributed by atoms with Gasteiger partial charge in [-0.25, -0.2) is 0 Å². The molecule has 2 aromatic rings. The molecule has 0 unspecified atom stereocenters. The average Bonchev–Trinajstić information content (AvgIpc) is 3.14. The minimum Gasteiger partial charge on any atom is -0.192 e. The molecule has 1 aliphatic rings. The largest absolute Gasteiger partial charge is 0.192 e. The summed E-state index contributed by atoms with van der Waals surface area (Å²) in [6.45, 7) is 0. The van der Waals surface area contributed by atoms with E-state index in [4.69, 9.17) is 5.26 Å². The topological polar surface area (TPSA) is 36.7 Å². The first-order chi connectivity index (χ1) is 8.85. The van der Waals surface area contributed by atoms with Gasteiger partial charge >= 0.3 is 0 Å². The van der Waals surface area contributed by atoms with E-state index in [0.717, 1.165) is 17.2 Å². The molecule has 0 radical (unpaired) electrons. The van der Waals surface area contributed by atoms with Gasteiger partial charge in [0, 0.05) is 10.4 Å². The average molecular weight is 254 g/mol. The zero-order chi connectivity index (χ0) is 12.4. The Morgan fingerprint density at radius 1 is 1.28 bits per heavy atom. The zero-order valence-electron chi connectivity index (χ0n) is 10.1. The molecule has 0 saturated heterocycles. The molecular formula is C15H14N2S. The lowest BCUT2D eigenvalue weighted by Crippen LogP contribution is -1.82. The summed E-state index contributed by atoms with van der Waals surface area (Å²) in [5.41, 5.74) is 2.83. The van der Waals surface area contributed by atoms with Crippen molar-refractivity contribution in [2.75, 3.05) is 0 Å². The Morgan fingerprint density at radius 3 is 2.72 bits per heavy atom. The Labute approximate surface area is 111 Å². The highest BCUT2D eigenvalue weighted by Gasteiger charge is 2.20. The quantitative estimate of drug-likeness (QED) is 0.826. The smallest absolute Gasteiger partial charge is 0.0991 e. The second-order valence-electron chi connectivity index (χ2n) is 4.85. The Morgan fingerprint density at radius 2 is 2.06 bits per heavy atom. The van der Waals surface area contributed by atoms with Crippen LogP contribution in [0.25, 0.3) is 11.3 Å². The lowest BCUT2D eigenvalue weighted by molar-refractivity contribution is 0.733. The van der Waals surface area contributed by atoms with Crippen LogP contribution in [0, 0.1) is 17.2 Å². The van der Waals surface area contributed by atoms with Crippen LogP contribution in [0.5, 0.6) is 0 Å². The van der Waals surface area contributed by atoms with Gasteiger partial charge in [0.05, 0.1) is 17.3 Å². The summed E-state index contributed by atoms with van der Waals surface area (Å²) in [6.07, 6.45) is 5.32. The molecule has 1 aromatic heterocycles. The molecule has 0 atom stereocenters. The monoisotopic (exact) mass is 254 g/mol. The fourth-order valence-corrected chi connectivity index (χ4v) is 2.78. The van der Waals surface area contributed by atoms with Gasteiger partial charge in [0.15, 0.2) is 0 Å². The van der Waals surface area contributed by atoms with Crippen LogP contribution in [0.2, 0.25) is 0 Å². The van der Waals surface area contributed by atoms with Crippen molar-refractivity contribution in [1.82, 2.24) is 4.37 Å². The molecule has 1 fully saturated rings. The van der Waals surface area contributed by atoms with Gasteiger partial charge in [-0.05, 0) is 48.5 Å². The number of aromatic nitrogens is 1. The Bertz CT molecular complexity index is 573. The van der Waals surface area contributed by atoms with Crippen molar-refractivity contribution in [3.05, 3.63) is 40.8 Å². The third kappa shape index (κ3) is 2.60. The predicted octanol–water partition coefficient (Wildman–Crippen LogP) is 4.02. The molecule has 0 spiro atoms. The second kappa shape index (κ2) is 4.91. The number of aryl methyl sites for hydroxylation is 1. The maximum absolute atomic E-state index is 8.77. The molecule has 18 heavy (non-hydrogen) atoms. The molecule has 2 nitrogen and oxygen atoms in total. The highest BCUT2D eigenvalue weighted by Crippen LogP contribution is 2.34. The van der Waals surface area contributed by atoms with Crippen LogP contribution < -0.4 is 0 Å². The lowest BCUT2D eigenvalue weighted by Gasteiger charge is -1.95. The minimum atomic E-state index is 0.697. The van der Waals surface area contributed by atoms with Crippen molar-refractivity contribution in [3.63, 3.8) is 0 Å². The number of hydrogen-bond donors (Lipinski definition) is 0. The maximum Gasteiger partial charge on any atom is 0.0991 e. The van der Waals surface area contributed by atoms with E-state index in [9.17, 15) is 0 Å². The van der Waals surface area contributed by atoms with Crippen LogP contribution in [0.4, 0.5) is 0 Å². The van der Waals surface area contributed by atoms with Gasteiger partial charge < -0.3 is 0 Å². The van der Waals surface area contributed by atoms with E-state index in [1.54, 1.807) is 11.5 Å². The van der Waals surface area contributed by atoms with E-state index < -0.39 is 0 Å². The molecule has 3 heteroatoms. The number of rotatable bonds is 4. The van der Waals surface area contributed by atoms with Crippen molar-refractivity contribution in [2.45, 2.75) is 25.7 Å². The Hall–Kier alpha value is -1.66. The highest BCUT2D eigenvalue weighted by atomic mass is 32.1. The molecule has 1 saturated carbocycles. The van der Waals surface area contributed by atoms with Gasteiger partial charge in [0.2, 0.25) is 0 Å². The van der Waals surface area contributed by atoms with Crippen LogP contribution in [-0.4, -0.2) is 4.37 Å². The van der Waals surface area contributed by atoms with Gasteiger partial charge in [-0.1, -0.05) is 25.0 Å². The van der Waals surface area contributed by atoms with Gasteiger partial charge in [0.25, 0.3) is 0 Å². The first-order valence-electron chi connectivity index (χ1n) is 6.31. The van der Waals surface area contributed by atoms with Crippen LogP contribution in [0.1, 0.15) is 29.7 Å². The highest BCUT2D eigenvalue weighted by molar-refractivity contribution is 7.06. The van der Waals surface area contributed by atoms with Crippen LogP contribution in [0.15, 0.2) is 30.3 Å². The van der Waals surface area contributed by atoms with Crippen LogP contribution in [0.3, 0.4) is 0 Å². The minimum absolute atomic E-state index is 0.697. The summed E-state index contributed by atoms with van der Waals surface area (Å²) in [4.78, 5) is 1.38. The van der Waals surface area contributed by atoms with Crippen molar-refractivity contribution in [1.29, 1.82) is 5.26 Å². The Balaban J connectivity index is 1.72. The first-order valence-corrected chi connectivity index (χ1v) is 7.08. The summed E-state index contributed by atoms with van der Waals surface area (Å²) in [5, 5.41) is 8.77. The molecule has 0 N–H and O–H groups in total. The molecule has 1 heterocycles. The molecule has 1 aliphatic carbocycles. The van der Waals surface area contributed by atoms with Crippen molar-refractivity contribution in [2.24, 2.45) is 5.92 Å². The molecule has 0 aliphatic heterocycles. The summed E-state index contributed by atoms with van der Waals surface area (Å²) >= 11 is 1.61. The van der Waals surface area contributed by atoms with E-state index >= 15 is 0 Å². The molecule has 3 rings (SSSR count). The lowest BCUT2D eigenvalue weighted by atomic mass is 10.1. The second-order valence-corrected chi connectivity index (χ2v) is 5.74. The van der Waals surface area contributed by atoms with E-state index in [0.29, 0.717) is 5.56 Å². The third-order valence-corrected chi connectivity index (χ3v) is 4.21. The third-order valence-electron chi connectivity index (χ3n) is 3.36. The molecule has 0 amide bonds. The molecular weight excluding hydrogens is 240 g/mol. The Kier molecular flexibility index (Phi) is 3.12. The summed E-state index contributed by atoms with van der Waals surface area (Å²) in [7, 11) is 0. The van der Waals surface area contributed by atoms with Gasteiger partial charge in [0.1, 0.15) is 0 Å². The fraction of sp³-hybridized carbons (Fsp3) is 0.333. The summed E-state index contributed by atoms with van der Waals surface area (Å²) in [6, 6.07) is 12.0. The number of nitriles is 1. The van der Waals surface area contributed by atoms with Crippen molar-refractivity contribution in [3.8, 4) is 17.3 Å². The fourth-order valence-electron chi connectivity index (χ4n) is 2.04. The van der Waals surface area contributed by atoms with Gasteiger partial charge in [-0.2, -0.15) is 9.64 Å². The predicted molar refractivity (Wildman–Crippen MR) is 73.3 cm³/mol. The normalized spacial score (nSPS) is 14.4. The standard InChI is InChI=1S/C15H14N2S/c16-10-12-3-6-13(7-4-12)15-9-14(18-17-15)8-5-11-1-2-11/h3-4,6-7,9,11H,1-2,5,8H2. The maximum atomic E-state index is 8.77. The number of hydrogen-bond acceptors (Lipinski definition) is 3. The van der Waals surface area contributed by atoms with E-state index in [2.05, 4.69) is 16.5 Å².